The maximum Gasteiger partial charge on any atom is 0.0638 e. The maximum atomic E-state index is 8.87. The Balaban J connectivity index is 2.28. The molecule has 1 saturated heterocycles. The quantitative estimate of drug-likeness (QED) is 0.909. The van der Waals surface area contributed by atoms with Gasteiger partial charge in [0, 0.05) is 34.8 Å². The van der Waals surface area contributed by atoms with E-state index in [0.717, 1.165) is 17.6 Å². The van der Waals surface area contributed by atoms with Crippen molar-refractivity contribution in [3.8, 4) is 6.07 Å². The van der Waals surface area contributed by atoms with Crippen molar-refractivity contribution in [2.45, 2.75) is 38.8 Å². The Morgan fingerprint density at radius 1 is 1.53 bits per heavy atom. The van der Waals surface area contributed by atoms with Crippen LogP contribution in [0.15, 0.2) is 22.7 Å². The number of hydrogen-bond acceptors (Lipinski definition) is 3. The minimum Gasteiger partial charge on any atom is -0.364 e. The van der Waals surface area contributed by atoms with Crippen molar-refractivity contribution in [2.24, 2.45) is 0 Å². The van der Waals surface area contributed by atoms with Gasteiger partial charge < -0.3 is 10.2 Å². The van der Waals surface area contributed by atoms with Crippen molar-refractivity contribution in [3.63, 3.8) is 0 Å². The van der Waals surface area contributed by atoms with Crippen LogP contribution in [0.4, 0.5) is 5.69 Å². The number of benzene rings is 1. The molecule has 0 spiro atoms. The summed E-state index contributed by atoms with van der Waals surface area (Å²) in [6, 6.07) is 8.97. The molecule has 1 aliphatic heterocycles. The van der Waals surface area contributed by atoms with Crippen LogP contribution < -0.4 is 10.2 Å². The van der Waals surface area contributed by atoms with E-state index in [2.05, 4.69) is 71.2 Å². The normalized spacial score (nSPS) is 22.1. The minimum absolute atomic E-state index is 0.0617. The largest absolute Gasteiger partial charge is 0.364 e. The van der Waals surface area contributed by atoms with Crippen LogP contribution in [0.1, 0.15) is 25.8 Å². The number of nitrogens with zero attached hydrogens (tertiary/aromatic N) is 2. The first kappa shape index (κ1) is 14.4. The lowest BCUT2D eigenvalue weighted by Crippen LogP contribution is -2.62. The van der Waals surface area contributed by atoms with Crippen molar-refractivity contribution in [1.29, 1.82) is 5.26 Å². The van der Waals surface area contributed by atoms with Crippen molar-refractivity contribution in [2.75, 3.05) is 18.0 Å². The van der Waals surface area contributed by atoms with Gasteiger partial charge in [-0.3, -0.25) is 0 Å². The van der Waals surface area contributed by atoms with Gasteiger partial charge in [-0.1, -0.05) is 15.9 Å². The molecule has 0 radical (unpaired) electrons. The Hall–Kier alpha value is -1.05. The van der Waals surface area contributed by atoms with Crippen LogP contribution in [-0.4, -0.2) is 24.7 Å². The van der Waals surface area contributed by atoms with E-state index < -0.39 is 0 Å². The van der Waals surface area contributed by atoms with E-state index >= 15 is 0 Å². The molecule has 102 valence electrons. The molecule has 19 heavy (non-hydrogen) atoms. The van der Waals surface area contributed by atoms with Gasteiger partial charge in [-0.05, 0) is 44.5 Å². The maximum absolute atomic E-state index is 8.87. The monoisotopic (exact) mass is 321 g/mol. The highest BCUT2D eigenvalue weighted by Gasteiger charge is 2.34. The summed E-state index contributed by atoms with van der Waals surface area (Å²) in [5.41, 5.74) is 2.53. The van der Waals surface area contributed by atoms with Gasteiger partial charge >= 0.3 is 0 Å². The number of aryl methyl sites for hydroxylation is 1. The predicted octanol–water partition coefficient (Wildman–Crippen LogP) is 3.23. The molecule has 4 heteroatoms. The number of nitrogens with one attached hydrogen (secondary N) is 1. The third-order valence-corrected chi connectivity index (χ3v) is 4.64. The van der Waals surface area contributed by atoms with Gasteiger partial charge in [-0.2, -0.15) is 5.26 Å². The standard InChI is InChI=1S/C15H20BrN3/c1-11-8-13(4-5-14(11)16)19-9-12(6-7-17)18-10-15(19,2)3/h4-5,8,12,18H,6,9-10H2,1-3H3. The lowest BCUT2D eigenvalue weighted by atomic mass is 9.95. The molecule has 0 aromatic heterocycles. The molecule has 1 unspecified atom stereocenters. The lowest BCUT2D eigenvalue weighted by Gasteiger charge is -2.47. The Morgan fingerprint density at radius 3 is 2.89 bits per heavy atom. The summed E-state index contributed by atoms with van der Waals surface area (Å²) in [6.45, 7) is 8.35. The molecule has 0 amide bonds. The zero-order valence-electron chi connectivity index (χ0n) is 11.7. The molecule has 1 aromatic rings. The van der Waals surface area contributed by atoms with Gasteiger partial charge in [-0.15, -0.1) is 0 Å². The molecular weight excluding hydrogens is 302 g/mol. The second-order valence-electron chi connectivity index (χ2n) is 5.80. The van der Waals surface area contributed by atoms with E-state index in [1.165, 1.54) is 11.3 Å². The number of nitriles is 1. The van der Waals surface area contributed by atoms with Crippen LogP contribution in [0.5, 0.6) is 0 Å². The molecule has 2 rings (SSSR count). The molecule has 1 aromatic carbocycles. The lowest BCUT2D eigenvalue weighted by molar-refractivity contribution is 0.325. The molecule has 0 bridgehead atoms. The van der Waals surface area contributed by atoms with E-state index in [-0.39, 0.29) is 11.6 Å². The summed E-state index contributed by atoms with van der Waals surface area (Å²) in [6.07, 6.45) is 0.558. The summed E-state index contributed by atoms with van der Waals surface area (Å²) in [4.78, 5) is 2.41. The zero-order valence-corrected chi connectivity index (χ0v) is 13.3. The SMILES string of the molecule is Cc1cc(N2CC(CC#N)NCC2(C)C)ccc1Br. The first-order valence-corrected chi connectivity index (χ1v) is 7.37. The summed E-state index contributed by atoms with van der Waals surface area (Å²) < 4.78 is 1.14. The van der Waals surface area contributed by atoms with Gasteiger partial charge in [-0.25, -0.2) is 0 Å². The molecule has 1 fully saturated rings. The van der Waals surface area contributed by atoms with E-state index in [4.69, 9.17) is 5.26 Å². The first-order valence-electron chi connectivity index (χ1n) is 6.58. The van der Waals surface area contributed by atoms with Crippen molar-refractivity contribution < 1.29 is 0 Å². The summed E-state index contributed by atoms with van der Waals surface area (Å²) in [5, 5.41) is 12.3. The summed E-state index contributed by atoms with van der Waals surface area (Å²) in [5.74, 6) is 0. The van der Waals surface area contributed by atoms with Crippen LogP contribution in [0, 0.1) is 18.3 Å². The first-order chi connectivity index (χ1) is 8.94. The van der Waals surface area contributed by atoms with Gasteiger partial charge in [0.1, 0.15) is 0 Å². The van der Waals surface area contributed by atoms with E-state index in [9.17, 15) is 0 Å². The van der Waals surface area contributed by atoms with Crippen LogP contribution in [0.3, 0.4) is 0 Å². The third-order valence-electron chi connectivity index (χ3n) is 3.75. The van der Waals surface area contributed by atoms with Crippen molar-refractivity contribution >= 4 is 21.6 Å². The van der Waals surface area contributed by atoms with Crippen molar-refractivity contribution in [3.05, 3.63) is 28.2 Å². The van der Waals surface area contributed by atoms with Crippen molar-refractivity contribution in [1.82, 2.24) is 5.32 Å². The average molecular weight is 322 g/mol. The molecule has 0 saturated carbocycles. The molecule has 1 N–H and O–H groups in total. The van der Waals surface area contributed by atoms with Crippen LogP contribution in [0.25, 0.3) is 0 Å². The number of rotatable bonds is 2. The number of halogens is 1. The van der Waals surface area contributed by atoms with Gasteiger partial charge in [0.2, 0.25) is 0 Å². The fraction of sp³-hybridized carbons (Fsp3) is 0.533. The summed E-state index contributed by atoms with van der Waals surface area (Å²) >= 11 is 3.54. The molecular formula is C15H20BrN3. The molecule has 1 aliphatic rings. The highest BCUT2D eigenvalue weighted by atomic mass is 79.9. The number of piperazine rings is 1. The predicted molar refractivity (Wildman–Crippen MR) is 82.3 cm³/mol. The van der Waals surface area contributed by atoms with Crippen LogP contribution in [0.2, 0.25) is 0 Å². The second-order valence-corrected chi connectivity index (χ2v) is 6.65. The second kappa shape index (κ2) is 5.52. The zero-order chi connectivity index (χ0) is 14.0. The fourth-order valence-corrected chi connectivity index (χ4v) is 2.77. The van der Waals surface area contributed by atoms with E-state index in [1.807, 2.05) is 0 Å². The van der Waals surface area contributed by atoms with Crippen LogP contribution in [-0.2, 0) is 0 Å². The topological polar surface area (TPSA) is 39.1 Å². The Morgan fingerprint density at radius 2 is 2.26 bits per heavy atom. The summed E-state index contributed by atoms with van der Waals surface area (Å²) in [7, 11) is 0. The fourth-order valence-electron chi connectivity index (χ4n) is 2.52. The Labute approximate surface area is 123 Å². The van der Waals surface area contributed by atoms with Gasteiger partial charge in [0.05, 0.1) is 12.5 Å². The molecule has 3 nitrogen and oxygen atoms in total. The van der Waals surface area contributed by atoms with Gasteiger partial charge in [0.25, 0.3) is 0 Å². The highest BCUT2D eigenvalue weighted by Crippen LogP contribution is 2.30. The van der Waals surface area contributed by atoms with Gasteiger partial charge in [0.15, 0.2) is 0 Å². The van der Waals surface area contributed by atoms with Crippen LogP contribution >= 0.6 is 15.9 Å². The number of anilines is 1. The average Bonchev–Trinajstić information content (AvgIpc) is 2.35. The minimum atomic E-state index is 0.0617. The highest BCUT2D eigenvalue weighted by molar-refractivity contribution is 9.10. The Bertz CT molecular complexity index is 505. The smallest absolute Gasteiger partial charge is 0.0638 e. The van der Waals surface area contributed by atoms with E-state index in [0.29, 0.717) is 6.42 Å². The third kappa shape index (κ3) is 3.10. The Kier molecular flexibility index (Phi) is 4.17. The number of hydrogen-bond donors (Lipinski definition) is 1. The van der Waals surface area contributed by atoms with E-state index in [1.54, 1.807) is 0 Å². The molecule has 0 aliphatic carbocycles. The molecule has 1 heterocycles. The molecule has 1 atom stereocenters.